The number of carbonyl (C=O) groups is 2. The average Bonchev–Trinajstić information content (AvgIpc) is 2.90. The highest BCUT2D eigenvalue weighted by molar-refractivity contribution is 5.79. The Morgan fingerprint density at radius 3 is 2.52 bits per heavy atom. The molecule has 3 aliphatic rings. The number of hydrogen-bond donors (Lipinski definition) is 1. The van der Waals surface area contributed by atoms with Crippen LogP contribution in [0.1, 0.15) is 51.9 Å². The zero-order chi connectivity index (χ0) is 15.0. The minimum absolute atomic E-state index is 0.0802. The van der Waals surface area contributed by atoms with Gasteiger partial charge in [-0.15, -0.1) is 0 Å². The Balaban J connectivity index is 1.69. The van der Waals surface area contributed by atoms with Gasteiger partial charge in [0.15, 0.2) is 0 Å². The predicted octanol–water partition coefficient (Wildman–Crippen LogP) is 2.56. The molecular formula is C16H26N2O3. The van der Waals surface area contributed by atoms with Gasteiger partial charge in [0.1, 0.15) is 0 Å². The van der Waals surface area contributed by atoms with Gasteiger partial charge in [0.2, 0.25) is 0 Å². The molecule has 0 aromatic carbocycles. The van der Waals surface area contributed by atoms with Crippen LogP contribution in [-0.4, -0.2) is 52.6 Å². The second-order valence-corrected chi connectivity index (χ2v) is 7.27. The summed E-state index contributed by atoms with van der Waals surface area (Å²) in [5.74, 6) is -0.114. The van der Waals surface area contributed by atoms with Gasteiger partial charge in [-0.1, -0.05) is 12.8 Å². The third kappa shape index (κ3) is 2.62. The van der Waals surface area contributed by atoms with Crippen molar-refractivity contribution in [3.63, 3.8) is 0 Å². The molecule has 3 fully saturated rings. The van der Waals surface area contributed by atoms with E-state index < -0.39 is 11.4 Å². The number of piperidine rings is 1. The third-order valence-corrected chi connectivity index (χ3v) is 5.75. The molecule has 118 valence electrons. The number of carbonyl (C=O) groups excluding carboxylic acids is 1. The number of rotatable bonds is 1. The second kappa shape index (κ2) is 5.50. The molecule has 0 radical (unpaired) electrons. The number of carboxylic acids is 1. The molecule has 1 unspecified atom stereocenters. The molecule has 2 heterocycles. The number of fused-ring (bicyclic) bond motifs is 1. The van der Waals surface area contributed by atoms with E-state index in [0.717, 1.165) is 19.4 Å². The highest BCUT2D eigenvalue weighted by Gasteiger charge is 2.45. The van der Waals surface area contributed by atoms with Crippen LogP contribution in [0, 0.1) is 11.3 Å². The summed E-state index contributed by atoms with van der Waals surface area (Å²) in [6.45, 7) is 3.53. The Labute approximate surface area is 126 Å². The fourth-order valence-corrected chi connectivity index (χ4v) is 4.34. The van der Waals surface area contributed by atoms with Crippen molar-refractivity contribution in [1.82, 2.24) is 9.80 Å². The molecule has 1 aliphatic carbocycles. The molecular weight excluding hydrogens is 268 g/mol. The SMILES string of the molecule is CC1(C(=O)O)CCN(C(=O)N2CCC[C@H]3CCCC[C@H]32)C1. The fourth-order valence-electron chi connectivity index (χ4n) is 4.34. The Morgan fingerprint density at radius 1 is 1.10 bits per heavy atom. The number of urea groups is 1. The Kier molecular flexibility index (Phi) is 3.84. The van der Waals surface area contributed by atoms with Gasteiger partial charge in [-0.25, -0.2) is 4.79 Å². The topological polar surface area (TPSA) is 60.9 Å². The van der Waals surface area contributed by atoms with Crippen molar-refractivity contribution < 1.29 is 14.7 Å². The quantitative estimate of drug-likeness (QED) is 0.808. The lowest BCUT2D eigenvalue weighted by atomic mass is 9.78. The van der Waals surface area contributed by atoms with Crippen molar-refractivity contribution in [3.05, 3.63) is 0 Å². The van der Waals surface area contributed by atoms with Crippen molar-refractivity contribution in [2.24, 2.45) is 11.3 Å². The summed E-state index contributed by atoms with van der Waals surface area (Å²) in [6, 6.07) is 0.480. The molecule has 2 amide bonds. The molecule has 0 spiro atoms. The number of likely N-dealkylation sites (tertiary alicyclic amines) is 2. The molecule has 21 heavy (non-hydrogen) atoms. The lowest BCUT2D eigenvalue weighted by Gasteiger charge is -2.45. The fraction of sp³-hybridized carbons (Fsp3) is 0.875. The first-order valence-corrected chi connectivity index (χ1v) is 8.30. The van der Waals surface area contributed by atoms with E-state index in [0.29, 0.717) is 31.5 Å². The summed E-state index contributed by atoms with van der Waals surface area (Å²) in [5, 5.41) is 9.32. The maximum atomic E-state index is 12.8. The Bertz CT molecular complexity index is 437. The van der Waals surface area contributed by atoms with Crippen LogP contribution in [-0.2, 0) is 4.79 Å². The first kappa shape index (κ1) is 14.7. The smallest absolute Gasteiger partial charge is 0.320 e. The van der Waals surface area contributed by atoms with Crippen LogP contribution in [0.2, 0.25) is 0 Å². The van der Waals surface area contributed by atoms with Crippen LogP contribution in [0.15, 0.2) is 0 Å². The van der Waals surface area contributed by atoms with E-state index in [2.05, 4.69) is 4.90 Å². The number of hydrogen-bond acceptors (Lipinski definition) is 2. The summed E-state index contributed by atoms with van der Waals surface area (Å²) in [5.41, 5.74) is -0.766. The van der Waals surface area contributed by atoms with Gasteiger partial charge in [-0.3, -0.25) is 4.79 Å². The second-order valence-electron chi connectivity index (χ2n) is 7.27. The Hall–Kier alpha value is -1.26. The van der Waals surface area contributed by atoms with E-state index >= 15 is 0 Å². The van der Waals surface area contributed by atoms with Gasteiger partial charge < -0.3 is 14.9 Å². The molecule has 2 saturated heterocycles. The summed E-state index contributed by atoms with van der Waals surface area (Å²) < 4.78 is 0. The molecule has 3 atom stereocenters. The minimum Gasteiger partial charge on any atom is -0.481 e. The summed E-state index contributed by atoms with van der Waals surface area (Å²) in [6.07, 6.45) is 7.80. The summed E-state index contributed by atoms with van der Waals surface area (Å²) >= 11 is 0. The van der Waals surface area contributed by atoms with E-state index in [4.69, 9.17) is 0 Å². The molecule has 3 rings (SSSR count). The zero-order valence-corrected chi connectivity index (χ0v) is 12.9. The van der Waals surface area contributed by atoms with Crippen LogP contribution < -0.4 is 0 Å². The van der Waals surface area contributed by atoms with Gasteiger partial charge in [-0.05, 0) is 44.9 Å². The van der Waals surface area contributed by atoms with Crippen molar-refractivity contribution in [2.45, 2.75) is 57.9 Å². The van der Waals surface area contributed by atoms with Gasteiger partial charge in [-0.2, -0.15) is 0 Å². The summed E-state index contributed by atoms with van der Waals surface area (Å²) in [7, 11) is 0. The van der Waals surface area contributed by atoms with E-state index in [-0.39, 0.29) is 6.03 Å². The molecule has 0 aromatic rings. The van der Waals surface area contributed by atoms with Crippen molar-refractivity contribution in [2.75, 3.05) is 19.6 Å². The summed E-state index contributed by atoms with van der Waals surface area (Å²) in [4.78, 5) is 28.0. The number of aliphatic carboxylic acids is 1. The van der Waals surface area contributed by atoms with Crippen molar-refractivity contribution in [1.29, 1.82) is 0 Å². The molecule has 1 saturated carbocycles. The normalized spacial score (nSPS) is 36.4. The lowest BCUT2D eigenvalue weighted by molar-refractivity contribution is -0.147. The first-order valence-electron chi connectivity index (χ1n) is 8.30. The Morgan fingerprint density at radius 2 is 1.81 bits per heavy atom. The maximum Gasteiger partial charge on any atom is 0.320 e. The van der Waals surface area contributed by atoms with Crippen LogP contribution in [0.25, 0.3) is 0 Å². The molecule has 5 heteroatoms. The van der Waals surface area contributed by atoms with Gasteiger partial charge >= 0.3 is 12.0 Å². The van der Waals surface area contributed by atoms with Crippen LogP contribution in [0.5, 0.6) is 0 Å². The molecule has 5 nitrogen and oxygen atoms in total. The first-order chi connectivity index (χ1) is 10.0. The maximum absolute atomic E-state index is 12.8. The van der Waals surface area contributed by atoms with Crippen LogP contribution in [0.3, 0.4) is 0 Å². The standard InChI is InChI=1S/C16H26N2O3/c1-16(14(19)20)8-10-17(11-16)15(21)18-9-4-6-12-5-2-3-7-13(12)18/h12-13H,2-11H2,1H3,(H,19,20)/t12-,13-,16?/m1/s1. The van der Waals surface area contributed by atoms with Gasteiger partial charge in [0.05, 0.1) is 5.41 Å². The van der Waals surface area contributed by atoms with Gasteiger partial charge in [0, 0.05) is 25.7 Å². The van der Waals surface area contributed by atoms with Gasteiger partial charge in [0.25, 0.3) is 0 Å². The highest BCUT2D eigenvalue weighted by Crippen LogP contribution is 2.37. The van der Waals surface area contributed by atoms with Crippen LogP contribution in [0.4, 0.5) is 4.79 Å². The average molecular weight is 294 g/mol. The molecule has 0 bridgehead atoms. The van der Waals surface area contributed by atoms with E-state index in [1.54, 1.807) is 11.8 Å². The number of carboxylic acid groups (broad SMARTS) is 1. The molecule has 2 aliphatic heterocycles. The van der Waals surface area contributed by atoms with Crippen molar-refractivity contribution in [3.8, 4) is 0 Å². The molecule has 0 aromatic heterocycles. The lowest BCUT2D eigenvalue weighted by Crippen LogP contribution is -2.54. The molecule has 1 N–H and O–H groups in total. The predicted molar refractivity (Wildman–Crippen MR) is 79.0 cm³/mol. The van der Waals surface area contributed by atoms with Crippen LogP contribution >= 0.6 is 0 Å². The van der Waals surface area contributed by atoms with E-state index in [1.807, 2.05) is 0 Å². The zero-order valence-electron chi connectivity index (χ0n) is 12.9. The van der Waals surface area contributed by atoms with Crippen molar-refractivity contribution >= 4 is 12.0 Å². The minimum atomic E-state index is -0.785. The third-order valence-electron chi connectivity index (χ3n) is 5.75. The number of amides is 2. The number of nitrogens with zero attached hydrogens (tertiary/aromatic N) is 2. The van der Waals surface area contributed by atoms with E-state index in [1.165, 1.54) is 25.7 Å². The largest absolute Gasteiger partial charge is 0.481 e. The monoisotopic (exact) mass is 294 g/mol. The highest BCUT2D eigenvalue weighted by atomic mass is 16.4. The van der Waals surface area contributed by atoms with E-state index in [9.17, 15) is 14.7 Å².